The van der Waals surface area contributed by atoms with Crippen LogP contribution in [-0.4, -0.2) is 41.8 Å². The van der Waals surface area contributed by atoms with Gasteiger partial charge in [-0.05, 0) is 38.1 Å². The van der Waals surface area contributed by atoms with Crippen LogP contribution in [-0.2, 0) is 0 Å². The topological polar surface area (TPSA) is 53.5 Å². The number of carbonyl (C=O) groups excluding carboxylic acids is 2. The smallest absolute Gasteiger partial charge is 0.272 e. The zero-order chi connectivity index (χ0) is 16.8. The molecule has 5 nitrogen and oxygen atoms in total. The summed E-state index contributed by atoms with van der Waals surface area (Å²) in [5.41, 5.74) is 1.54. The van der Waals surface area contributed by atoms with Crippen LogP contribution in [0.5, 0.6) is 0 Å². The number of amides is 2. The Hall–Kier alpha value is -2.69. The van der Waals surface area contributed by atoms with Crippen molar-refractivity contribution in [3.8, 4) is 0 Å². The van der Waals surface area contributed by atoms with Crippen molar-refractivity contribution >= 4 is 17.5 Å². The maximum atomic E-state index is 12.6. The van der Waals surface area contributed by atoms with Crippen LogP contribution in [0.3, 0.4) is 0 Å². The third-order valence-corrected chi connectivity index (χ3v) is 3.72. The number of nitrogens with zero attached hydrogens (tertiary/aromatic N) is 3. The molecule has 0 spiro atoms. The Balaban J connectivity index is 2.25. The number of pyridine rings is 1. The molecule has 1 aromatic heterocycles. The van der Waals surface area contributed by atoms with Crippen molar-refractivity contribution in [2.75, 3.05) is 25.0 Å². The quantitative estimate of drug-likeness (QED) is 0.853. The Morgan fingerprint density at radius 2 is 1.65 bits per heavy atom. The van der Waals surface area contributed by atoms with Crippen molar-refractivity contribution in [3.05, 3.63) is 59.9 Å². The zero-order valence-electron chi connectivity index (χ0n) is 13.7. The van der Waals surface area contributed by atoms with E-state index in [2.05, 4.69) is 4.98 Å². The van der Waals surface area contributed by atoms with Gasteiger partial charge in [-0.15, -0.1) is 0 Å². The minimum Gasteiger partial charge on any atom is -0.338 e. The highest BCUT2D eigenvalue weighted by Crippen LogP contribution is 2.15. The number of aromatic nitrogens is 1. The van der Waals surface area contributed by atoms with Gasteiger partial charge in [-0.25, -0.2) is 0 Å². The fraction of sp³-hybridized carbons (Fsp3) is 0.278. The van der Waals surface area contributed by atoms with Gasteiger partial charge in [0, 0.05) is 37.6 Å². The highest BCUT2D eigenvalue weighted by molar-refractivity contribution is 6.06. The lowest BCUT2D eigenvalue weighted by molar-refractivity contribution is 0.0767. The van der Waals surface area contributed by atoms with E-state index in [0.29, 0.717) is 24.3 Å². The number of hydrogen-bond donors (Lipinski definition) is 0. The minimum absolute atomic E-state index is 0.160. The molecule has 0 aliphatic heterocycles. The van der Waals surface area contributed by atoms with Crippen molar-refractivity contribution in [2.24, 2.45) is 0 Å². The SMILES string of the molecule is CCN(CC)C(=O)c1cc(C(=O)N(C)c2ccccc2)ccn1. The summed E-state index contributed by atoms with van der Waals surface area (Å²) in [6.07, 6.45) is 1.50. The summed E-state index contributed by atoms with van der Waals surface area (Å²) < 4.78 is 0. The van der Waals surface area contributed by atoms with Gasteiger partial charge >= 0.3 is 0 Å². The lowest BCUT2D eigenvalue weighted by Gasteiger charge is -2.19. The molecule has 0 saturated heterocycles. The van der Waals surface area contributed by atoms with E-state index in [0.717, 1.165) is 5.69 Å². The molecule has 0 radical (unpaired) electrons. The van der Waals surface area contributed by atoms with Crippen molar-refractivity contribution in [1.29, 1.82) is 0 Å². The van der Waals surface area contributed by atoms with E-state index in [-0.39, 0.29) is 11.8 Å². The first kappa shape index (κ1) is 16.7. The van der Waals surface area contributed by atoms with Gasteiger partial charge in [-0.3, -0.25) is 14.6 Å². The second kappa shape index (κ2) is 7.54. The summed E-state index contributed by atoms with van der Waals surface area (Å²) in [7, 11) is 1.71. The Morgan fingerprint density at radius 1 is 1.00 bits per heavy atom. The van der Waals surface area contributed by atoms with Gasteiger partial charge in [-0.2, -0.15) is 0 Å². The molecule has 0 unspecified atom stereocenters. The molecule has 2 rings (SSSR count). The lowest BCUT2D eigenvalue weighted by Crippen LogP contribution is -2.32. The second-order valence-electron chi connectivity index (χ2n) is 5.11. The van der Waals surface area contributed by atoms with Crippen LogP contribution in [0.1, 0.15) is 34.7 Å². The molecule has 0 bridgehead atoms. The first-order chi connectivity index (χ1) is 11.1. The van der Waals surface area contributed by atoms with Gasteiger partial charge in [0.1, 0.15) is 5.69 Å². The van der Waals surface area contributed by atoms with E-state index in [1.54, 1.807) is 29.0 Å². The number of anilines is 1. The number of rotatable bonds is 5. The zero-order valence-corrected chi connectivity index (χ0v) is 13.7. The van der Waals surface area contributed by atoms with Gasteiger partial charge < -0.3 is 9.80 Å². The van der Waals surface area contributed by atoms with E-state index in [9.17, 15) is 9.59 Å². The largest absolute Gasteiger partial charge is 0.338 e. The first-order valence-electron chi connectivity index (χ1n) is 7.66. The molecular weight excluding hydrogens is 290 g/mol. The molecule has 2 aromatic rings. The Labute approximate surface area is 136 Å². The number of para-hydroxylation sites is 1. The Morgan fingerprint density at radius 3 is 2.26 bits per heavy atom. The molecule has 23 heavy (non-hydrogen) atoms. The van der Waals surface area contributed by atoms with Gasteiger partial charge in [0.05, 0.1) is 0 Å². The van der Waals surface area contributed by atoms with Crippen molar-refractivity contribution in [1.82, 2.24) is 9.88 Å². The third-order valence-electron chi connectivity index (χ3n) is 3.72. The number of hydrogen-bond acceptors (Lipinski definition) is 3. The molecule has 1 heterocycles. The van der Waals surface area contributed by atoms with E-state index in [1.807, 2.05) is 44.2 Å². The van der Waals surface area contributed by atoms with Gasteiger partial charge in [0.25, 0.3) is 11.8 Å². The van der Waals surface area contributed by atoms with Crippen molar-refractivity contribution in [2.45, 2.75) is 13.8 Å². The van der Waals surface area contributed by atoms with Crippen molar-refractivity contribution < 1.29 is 9.59 Å². The molecule has 0 atom stereocenters. The summed E-state index contributed by atoms with van der Waals surface area (Å²) in [4.78, 5) is 32.3. The lowest BCUT2D eigenvalue weighted by atomic mass is 10.1. The van der Waals surface area contributed by atoms with Crippen LogP contribution < -0.4 is 4.90 Å². The predicted octanol–water partition coefficient (Wildman–Crippen LogP) is 2.84. The van der Waals surface area contributed by atoms with Crippen LogP contribution in [0.2, 0.25) is 0 Å². The van der Waals surface area contributed by atoms with E-state index in [4.69, 9.17) is 0 Å². The van der Waals surface area contributed by atoms with Crippen molar-refractivity contribution in [3.63, 3.8) is 0 Å². The molecule has 0 saturated carbocycles. The molecule has 0 N–H and O–H groups in total. The van der Waals surface area contributed by atoms with Gasteiger partial charge in [-0.1, -0.05) is 18.2 Å². The monoisotopic (exact) mass is 311 g/mol. The molecule has 120 valence electrons. The van der Waals surface area contributed by atoms with E-state index >= 15 is 0 Å². The summed E-state index contributed by atoms with van der Waals surface area (Å²) >= 11 is 0. The van der Waals surface area contributed by atoms with Gasteiger partial charge in [0.2, 0.25) is 0 Å². The molecular formula is C18H21N3O2. The van der Waals surface area contributed by atoms with Gasteiger partial charge in [0.15, 0.2) is 0 Å². The standard InChI is InChI=1S/C18H21N3O2/c1-4-21(5-2)18(23)16-13-14(11-12-19-16)17(22)20(3)15-9-7-6-8-10-15/h6-13H,4-5H2,1-3H3. The first-order valence-corrected chi connectivity index (χ1v) is 7.66. The normalized spacial score (nSPS) is 10.2. The minimum atomic E-state index is -0.174. The fourth-order valence-corrected chi connectivity index (χ4v) is 2.32. The summed E-state index contributed by atoms with van der Waals surface area (Å²) in [5, 5.41) is 0. The summed E-state index contributed by atoms with van der Waals surface area (Å²) in [5.74, 6) is -0.334. The molecule has 1 aromatic carbocycles. The average Bonchev–Trinajstić information content (AvgIpc) is 2.62. The second-order valence-corrected chi connectivity index (χ2v) is 5.11. The van der Waals surface area contributed by atoms with Crippen LogP contribution in [0.15, 0.2) is 48.7 Å². The third kappa shape index (κ3) is 3.74. The number of carbonyl (C=O) groups is 2. The number of benzene rings is 1. The fourth-order valence-electron chi connectivity index (χ4n) is 2.32. The summed E-state index contributed by atoms with van der Waals surface area (Å²) in [6, 6.07) is 12.6. The van der Waals surface area contributed by atoms with E-state index in [1.165, 1.54) is 6.20 Å². The predicted molar refractivity (Wildman–Crippen MR) is 90.7 cm³/mol. The van der Waals surface area contributed by atoms with Crippen LogP contribution in [0.4, 0.5) is 5.69 Å². The maximum Gasteiger partial charge on any atom is 0.272 e. The average molecular weight is 311 g/mol. The highest BCUT2D eigenvalue weighted by atomic mass is 16.2. The van der Waals surface area contributed by atoms with E-state index < -0.39 is 0 Å². The Bertz CT molecular complexity index is 682. The Kier molecular flexibility index (Phi) is 5.46. The molecule has 0 aliphatic rings. The molecule has 0 fully saturated rings. The molecule has 2 amide bonds. The molecule has 5 heteroatoms. The van der Waals surface area contributed by atoms with Crippen LogP contribution in [0, 0.1) is 0 Å². The van der Waals surface area contributed by atoms with Crippen LogP contribution in [0.25, 0.3) is 0 Å². The summed E-state index contributed by atoms with van der Waals surface area (Å²) in [6.45, 7) is 5.05. The van der Waals surface area contributed by atoms with Crippen LogP contribution >= 0.6 is 0 Å². The maximum absolute atomic E-state index is 12.6. The highest BCUT2D eigenvalue weighted by Gasteiger charge is 2.18. The molecule has 0 aliphatic carbocycles.